The molecule has 2 heteroatoms. The molecule has 0 saturated carbocycles. The molecule has 0 aromatic heterocycles. The molecule has 0 aliphatic heterocycles. The average Bonchev–Trinajstić information content (AvgIpc) is 2.17. The van der Waals surface area contributed by atoms with Crippen LogP contribution in [0.1, 0.15) is 24.1 Å². The predicted octanol–water partition coefficient (Wildman–Crippen LogP) is 0.524. The van der Waals surface area contributed by atoms with Crippen LogP contribution < -0.4 is 5.73 Å². The van der Waals surface area contributed by atoms with E-state index in [1.807, 2.05) is 12.1 Å². The Morgan fingerprint density at radius 1 is 1.33 bits per heavy atom. The highest BCUT2D eigenvalue weighted by Crippen LogP contribution is 2.09. The Bertz CT molecular complexity index is 230. The third-order valence-corrected chi connectivity index (χ3v) is 2.08. The molecular weight excluding hydrogens is 150 g/mol. The van der Waals surface area contributed by atoms with E-state index in [1.165, 1.54) is 5.56 Å². The highest BCUT2D eigenvalue weighted by molar-refractivity contribution is 5.23. The summed E-state index contributed by atoms with van der Waals surface area (Å²) in [4.78, 5) is 0. The molecule has 1 aromatic rings. The Labute approximate surface area is 73.0 Å². The van der Waals surface area contributed by atoms with Crippen molar-refractivity contribution >= 4 is 0 Å². The second kappa shape index (κ2) is 4.24. The first-order chi connectivity index (χ1) is 5.77. The number of hydrogen-bond donors (Lipinski definition) is 2. The Morgan fingerprint density at radius 2 is 1.92 bits per heavy atom. The zero-order valence-electron chi connectivity index (χ0n) is 7.46. The van der Waals surface area contributed by atoms with Crippen LogP contribution in [0.4, 0.5) is 0 Å². The van der Waals surface area contributed by atoms with Gasteiger partial charge in [0, 0.05) is 5.56 Å². The van der Waals surface area contributed by atoms with Crippen LogP contribution in [0.25, 0.3) is 0 Å². The summed E-state index contributed by atoms with van der Waals surface area (Å²) in [5.41, 5.74) is 6.26. The minimum absolute atomic E-state index is 0.0101. The maximum Gasteiger partial charge on any atom is 0.133 e. The number of aliphatic hydroxyl groups is 1. The van der Waals surface area contributed by atoms with E-state index in [0.717, 1.165) is 12.0 Å². The van der Waals surface area contributed by atoms with Crippen LogP contribution in [0, 0.1) is 0 Å². The van der Waals surface area contributed by atoms with Gasteiger partial charge in [0.2, 0.25) is 0 Å². The van der Waals surface area contributed by atoms with Crippen molar-refractivity contribution in [3.05, 3.63) is 35.4 Å². The van der Waals surface area contributed by atoms with Crippen LogP contribution in [-0.4, -0.2) is 11.7 Å². The molecule has 2 nitrogen and oxygen atoms in total. The van der Waals surface area contributed by atoms with Gasteiger partial charge in [0.15, 0.2) is 0 Å². The molecule has 0 unspecified atom stereocenters. The van der Waals surface area contributed by atoms with Gasteiger partial charge in [0.25, 0.3) is 0 Å². The predicted molar refractivity (Wildman–Crippen MR) is 48.5 cm³/mol. The van der Waals surface area contributed by atoms with Crippen molar-refractivity contribution in [2.45, 2.75) is 19.4 Å². The lowest BCUT2D eigenvalue weighted by atomic mass is 10.1. The zero-order chi connectivity index (χ0) is 8.97. The fourth-order valence-corrected chi connectivity index (χ4v) is 1.13. The standard InChI is InChI=1S/C10H15NO/c1-2-8-3-5-9(6-4-8)10(11)7-12/h3-6,10,12H,2,7,11H2,1H3/p+1/t10-/m0/s1. The minimum atomic E-state index is 0.0101. The summed E-state index contributed by atoms with van der Waals surface area (Å²) in [5.74, 6) is 0. The van der Waals surface area contributed by atoms with Crippen molar-refractivity contribution in [2.24, 2.45) is 0 Å². The summed E-state index contributed by atoms with van der Waals surface area (Å²) < 4.78 is 0. The lowest BCUT2D eigenvalue weighted by molar-refractivity contribution is -0.432. The van der Waals surface area contributed by atoms with Gasteiger partial charge in [-0.2, -0.15) is 0 Å². The van der Waals surface area contributed by atoms with Crippen LogP contribution in [0.3, 0.4) is 0 Å². The maximum atomic E-state index is 8.85. The molecule has 1 rings (SSSR count). The normalized spacial score (nSPS) is 12.9. The van der Waals surface area contributed by atoms with E-state index < -0.39 is 0 Å². The van der Waals surface area contributed by atoms with Crippen LogP contribution >= 0.6 is 0 Å². The molecule has 0 aliphatic rings. The second-order valence-corrected chi connectivity index (χ2v) is 2.97. The summed E-state index contributed by atoms with van der Waals surface area (Å²) in [5, 5.41) is 8.85. The summed E-state index contributed by atoms with van der Waals surface area (Å²) in [7, 11) is 0. The minimum Gasteiger partial charge on any atom is -0.390 e. The van der Waals surface area contributed by atoms with E-state index >= 15 is 0 Å². The lowest BCUT2D eigenvalue weighted by Crippen LogP contribution is -2.55. The van der Waals surface area contributed by atoms with E-state index in [-0.39, 0.29) is 12.6 Å². The van der Waals surface area contributed by atoms with Gasteiger partial charge in [-0.15, -0.1) is 0 Å². The van der Waals surface area contributed by atoms with Gasteiger partial charge in [0.1, 0.15) is 6.04 Å². The highest BCUT2D eigenvalue weighted by Gasteiger charge is 2.06. The molecule has 66 valence electrons. The summed E-state index contributed by atoms with van der Waals surface area (Å²) in [6.07, 6.45) is 1.06. The fourth-order valence-electron chi connectivity index (χ4n) is 1.13. The average molecular weight is 166 g/mol. The quantitative estimate of drug-likeness (QED) is 0.676. The maximum absolute atomic E-state index is 8.85. The monoisotopic (exact) mass is 166 g/mol. The molecule has 0 saturated heterocycles. The topological polar surface area (TPSA) is 47.9 Å². The van der Waals surface area contributed by atoms with Crippen LogP contribution in [-0.2, 0) is 6.42 Å². The Morgan fingerprint density at radius 3 is 2.33 bits per heavy atom. The molecule has 12 heavy (non-hydrogen) atoms. The van der Waals surface area contributed by atoms with Crippen LogP contribution in [0.5, 0.6) is 0 Å². The van der Waals surface area contributed by atoms with E-state index in [1.54, 1.807) is 0 Å². The first-order valence-corrected chi connectivity index (χ1v) is 4.30. The summed E-state index contributed by atoms with van der Waals surface area (Å²) in [6, 6.07) is 8.25. The number of quaternary nitrogens is 1. The van der Waals surface area contributed by atoms with Gasteiger partial charge < -0.3 is 10.8 Å². The van der Waals surface area contributed by atoms with Gasteiger partial charge in [-0.3, -0.25) is 0 Å². The van der Waals surface area contributed by atoms with Crippen molar-refractivity contribution in [1.29, 1.82) is 0 Å². The highest BCUT2D eigenvalue weighted by atomic mass is 16.3. The number of rotatable bonds is 3. The van der Waals surface area contributed by atoms with E-state index in [4.69, 9.17) is 5.11 Å². The van der Waals surface area contributed by atoms with E-state index in [9.17, 15) is 0 Å². The molecule has 4 N–H and O–H groups in total. The first kappa shape index (κ1) is 9.23. The van der Waals surface area contributed by atoms with Gasteiger partial charge >= 0.3 is 0 Å². The SMILES string of the molecule is CCc1ccc([C@@H]([NH3+])CO)cc1. The van der Waals surface area contributed by atoms with E-state index in [0.29, 0.717) is 0 Å². The second-order valence-electron chi connectivity index (χ2n) is 2.97. The Kier molecular flexibility index (Phi) is 3.26. The summed E-state index contributed by atoms with van der Waals surface area (Å²) in [6.45, 7) is 2.24. The van der Waals surface area contributed by atoms with Crippen molar-refractivity contribution in [1.82, 2.24) is 0 Å². The van der Waals surface area contributed by atoms with Gasteiger partial charge in [-0.1, -0.05) is 31.2 Å². The molecule has 0 heterocycles. The zero-order valence-corrected chi connectivity index (χ0v) is 7.46. The van der Waals surface area contributed by atoms with Crippen molar-refractivity contribution in [3.8, 4) is 0 Å². The van der Waals surface area contributed by atoms with Crippen molar-refractivity contribution in [2.75, 3.05) is 6.61 Å². The number of aliphatic hydroxyl groups excluding tert-OH is 1. The number of benzene rings is 1. The van der Waals surface area contributed by atoms with E-state index in [2.05, 4.69) is 24.8 Å². The van der Waals surface area contributed by atoms with Crippen LogP contribution in [0.2, 0.25) is 0 Å². The molecule has 1 aromatic carbocycles. The van der Waals surface area contributed by atoms with Crippen LogP contribution in [0.15, 0.2) is 24.3 Å². The molecule has 0 radical (unpaired) electrons. The summed E-state index contributed by atoms with van der Waals surface area (Å²) >= 11 is 0. The van der Waals surface area contributed by atoms with Gasteiger partial charge in [-0.25, -0.2) is 0 Å². The van der Waals surface area contributed by atoms with Gasteiger partial charge in [-0.05, 0) is 12.0 Å². The Hall–Kier alpha value is -0.860. The molecule has 0 spiro atoms. The number of aryl methyl sites for hydroxylation is 1. The number of hydrogen-bond acceptors (Lipinski definition) is 1. The lowest BCUT2D eigenvalue weighted by Gasteiger charge is -2.05. The smallest absolute Gasteiger partial charge is 0.133 e. The molecule has 0 bridgehead atoms. The Balaban J connectivity index is 2.77. The molecular formula is C10H16NO+. The molecule has 1 atom stereocenters. The third kappa shape index (κ3) is 2.06. The molecule has 0 amide bonds. The van der Waals surface area contributed by atoms with Crippen molar-refractivity contribution in [3.63, 3.8) is 0 Å². The van der Waals surface area contributed by atoms with Gasteiger partial charge in [0.05, 0.1) is 6.61 Å². The van der Waals surface area contributed by atoms with Crippen molar-refractivity contribution < 1.29 is 10.8 Å². The first-order valence-electron chi connectivity index (χ1n) is 4.30. The molecule has 0 aliphatic carbocycles. The fraction of sp³-hybridized carbons (Fsp3) is 0.400. The third-order valence-electron chi connectivity index (χ3n) is 2.08. The molecule has 0 fully saturated rings. The largest absolute Gasteiger partial charge is 0.390 e.